The van der Waals surface area contributed by atoms with Crippen molar-refractivity contribution in [3.63, 3.8) is 0 Å². The summed E-state index contributed by atoms with van der Waals surface area (Å²) < 4.78 is 33.3. The molecule has 1 amide bonds. The maximum absolute atomic E-state index is 13.4. The molecule has 1 atom stereocenters. The van der Waals surface area contributed by atoms with Crippen molar-refractivity contribution >= 4 is 21.9 Å². The van der Waals surface area contributed by atoms with Crippen molar-refractivity contribution in [1.82, 2.24) is 14.2 Å². The van der Waals surface area contributed by atoms with Crippen molar-refractivity contribution in [2.75, 3.05) is 32.8 Å². The van der Waals surface area contributed by atoms with Gasteiger partial charge in [0.2, 0.25) is 15.9 Å². The summed E-state index contributed by atoms with van der Waals surface area (Å²) in [7, 11) is -3.93. The molecule has 2 aliphatic rings. The molecule has 0 spiro atoms. The molecule has 9 heteroatoms. The molecule has 3 rings (SSSR count). The molecule has 3 heterocycles. The van der Waals surface area contributed by atoms with Gasteiger partial charge in [-0.25, -0.2) is 13.2 Å². The van der Waals surface area contributed by atoms with Crippen LogP contribution in [-0.4, -0.2) is 67.3 Å². The lowest BCUT2D eigenvalue weighted by Crippen LogP contribution is -2.46. The molecule has 2 aliphatic heterocycles. The molecular formula is C19H29N3O5S. The Bertz CT molecular complexity index is 855. The van der Waals surface area contributed by atoms with Gasteiger partial charge in [0.1, 0.15) is 10.5 Å². The number of likely N-dealkylation sites (tertiary alicyclic amines) is 1. The van der Waals surface area contributed by atoms with Crippen LogP contribution in [-0.2, 0) is 19.6 Å². The number of amides is 1. The van der Waals surface area contributed by atoms with Crippen molar-refractivity contribution < 1.29 is 22.7 Å². The third kappa shape index (κ3) is 3.82. The Morgan fingerprint density at radius 2 is 1.79 bits per heavy atom. The van der Waals surface area contributed by atoms with Gasteiger partial charge in [-0.3, -0.25) is 4.79 Å². The van der Waals surface area contributed by atoms with Gasteiger partial charge < -0.3 is 14.6 Å². The number of aromatic nitrogens is 1. The Kier molecular flexibility index (Phi) is 6.14. The Morgan fingerprint density at radius 3 is 2.43 bits per heavy atom. The summed E-state index contributed by atoms with van der Waals surface area (Å²) in [4.78, 5) is 29.9. The molecule has 28 heavy (non-hydrogen) atoms. The van der Waals surface area contributed by atoms with Crippen LogP contribution >= 0.6 is 0 Å². The summed E-state index contributed by atoms with van der Waals surface area (Å²) in [5.74, 6) is -0.928. The molecule has 1 aromatic heterocycles. The largest absolute Gasteiger partial charge is 0.462 e. The summed E-state index contributed by atoms with van der Waals surface area (Å²) in [6.45, 7) is 7.16. The molecule has 0 aromatic carbocycles. The minimum atomic E-state index is -3.93. The van der Waals surface area contributed by atoms with Gasteiger partial charge >= 0.3 is 5.97 Å². The van der Waals surface area contributed by atoms with E-state index in [2.05, 4.69) is 4.98 Å². The second-order valence-corrected chi connectivity index (χ2v) is 9.41. The third-order valence-electron chi connectivity index (χ3n) is 5.55. The van der Waals surface area contributed by atoms with E-state index in [1.165, 1.54) is 4.31 Å². The van der Waals surface area contributed by atoms with Crippen LogP contribution in [0.25, 0.3) is 0 Å². The highest BCUT2D eigenvalue weighted by atomic mass is 32.2. The molecule has 1 N–H and O–H groups in total. The molecule has 1 aromatic rings. The van der Waals surface area contributed by atoms with Crippen LogP contribution in [0.1, 0.15) is 54.4 Å². The van der Waals surface area contributed by atoms with E-state index < -0.39 is 16.0 Å². The number of rotatable bonds is 5. The first kappa shape index (κ1) is 20.9. The zero-order valence-corrected chi connectivity index (χ0v) is 17.6. The molecule has 0 aliphatic carbocycles. The van der Waals surface area contributed by atoms with Crippen molar-refractivity contribution in [3.8, 4) is 0 Å². The fraction of sp³-hybridized carbons (Fsp3) is 0.684. The quantitative estimate of drug-likeness (QED) is 0.745. The van der Waals surface area contributed by atoms with E-state index in [0.717, 1.165) is 25.9 Å². The normalized spacial score (nSPS) is 21.1. The Labute approximate surface area is 166 Å². The van der Waals surface area contributed by atoms with Gasteiger partial charge in [-0.1, -0.05) is 0 Å². The van der Waals surface area contributed by atoms with Crippen molar-refractivity contribution in [2.45, 2.75) is 51.3 Å². The molecule has 0 saturated carbocycles. The molecule has 0 radical (unpaired) electrons. The Morgan fingerprint density at radius 1 is 1.11 bits per heavy atom. The maximum atomic E-state index is 13.4. The van der Waals surface area contributed by atoms with Gasteiger partial charge in [0.15, 0.2) is 0 Å². The second kappa shape index (κ2) is 8.24. The second-order valence-electron chi connectivity index (χ2n) is 7.53. The number of esters is 1. The van der Waals surface area contributed by atoms with Crippen LogP contribution in [0.3, 0.4) is 0 Å². The van der Waals surface area contributed by atoms with Gasteiger partial charge in [-0.05, 0) is 46.5 Å². The van der Waals surface area contributed by atoms with E-state index in [4.69, 9.17) is 4.74 Å². The van der Waals surface area contributed by atoms with Gasteiger partial charge in [-0.2, -0.15) is 4.31 Å². The van der Waals surface area contributed by atoms with Crippen molar-refractivity contribution in [3.05, 3.63) is 17.0 Å². The summed E-state index contributed by atoms with van der Waals surface area (Å²) in [5.41, 5.74) is 0.942. The first-order valence-corrected chi connectivity index (χ1v) is 11.4. The molecule has 8 nitrogen and oxygen atoms in total. The average molecular weight is 412 g/mol. The lowest BCUT2D eigenvalue weighted by atomic mass is 9.98. The highest BCUT2D eigenvalue weighted by Crippen LogP contribution is 2.31. The van der Waals surface area contributed by atoms with E-state index in [9.17, 15) is 18.0 Å². The van der Waals surface area contributed by atoms with E-state index in [-0.39, 0.29) is 35.4 Å². The topological polar surface area (TPSA) is 99.8 Å². The number of hydrogen-bond donors (Lipinski definition) is 1. The molecule has 2 fully saturated rings. The van der Waals surface area contributed by atoms with Crippen LogP contribution in [0, 0.1) is 19.8 Å². The first-order chi connectivity index (χ1) is 13.3. The summed E-state index contributed by atoms with van der Waals surface area (Å²) in [5, 5.41) is 0. The van der Waals surface area contributed by atoms with Gasteiger partial charge in [0.05, 0.1) is 12.5 Å². The number of ether oxygens (including phenoxy) is 1. The molecule has 2 saturated heterocycles. The predicted octanol–water partition coefficient (Wildman–Crippen LogP) is 1.83. The van der Waals surface area contributed by atoms with E-state index in [1.54, 1.807) is 20.8 Å². The summed E-state index contributed by atoms with van der Waals surface area (Å²) >= 11 is 0. The first-order valence-electron chi connectivity index (χ1n) is 9.92. The van der Waals surface area contributed by atoms with Gasteiger partial charge in [-0.15, -0.1) is 0 Å². The van der Waals surface area contributed by atoms with Crippen LogP contribution in [0.15, 0.2) is 4.90 Å². The van der Waals surface area contributed by atoms with Crippen molar-refractivity contribution in [2.24, 2.45) is 5.92 Å². The summed E-state index contributed by atoms with van der Waals surface area (Å²) in [6, 6.07) is 0. The lowest BCUT2D eigenvalue weighted by Gasteiger charge is -2.33. The zero-order chi connectivity index (χ0) is 20.5. The SMILES string of the molecule is CCOC(=O)c1c(C)[nH]c(C)c1S(=O)(=O)N1CCCC(C(=O)N2CCCC2)C1. The Balaban J connectivity index is 1.88. The number of aromatic amines is 1. The highest BCUT2D eigenvalue weighted by Gasteiger charge is 2.39. The van der Waals surface area contributed by atoms with Gasteiger partial charge in [0.25, 0.3) is 0 Å². The molecule has 1 unspecified atom stereocenters. The van der Waals surface area contributed by atoms with Crippen LogP contribution in [0.5, 0.6) is 0 Å². The van der Waals surface area contributed by atoms with Crippen LogP contribution in [0.2, 0.25) is 0 Å². The molecular weight excluding hydrogens is 382 g/mol. The number of aryl methyl sites for hydroxylation is 2. The Hall–Kier alpha value is -1.87. The predicted molar refractivity (Wildman–Crippen MR) is 104 cm³/mol. The number of nitrogens with one attached hydrogen (secondary N) is 1. The smallest absolute Gasteiger partial charge is 0.341 e. The lowest BCUT2D eigenvalue weighted by molar-refractivity contribution is -0.135. The minimum Gasteiger partial charge on any atom is -0.462 e. The number of carbonyl (C=O) groups excluding carboxylic acids is 2. The van der Waals surface area contributed by atoms with E-state index in [0.29, 0.717) is 30.8 Å². The number of hydrogen-bond acceptors (Lipinski definition) is 5. The standard InChI is InChI=1S/C19H29N3O5S/c1-4-27-19(24)16-13(2)20-14(3)17(16)28(25,26)22-11-7-8-15(12-22)18(23)21-9-5-6-10-21/h15,20H,4-12H2,1-3H3. The zero-order valence-electron chi connectivity index (χ0n) is 16.8. The van der Waals surface area contributed by atoms with Crippen LogP contribution < -0.4 is 0 Å². The van der Waals surface area contributed by atoms with E-state index >= 15 is 0 Å². The highest BCUT2D eigenvalue weighted by molar-refractivity contribution is 7.89. The number of sulfonamides is 1. The fourth-order valence-corrected chi connectivity index (χ4v) is 6.15. The number of nitrogens with zero attached hydrogens (tertiary/aromatic N) is 2. The fourth-order valence-electron chi connectivity index (χ4n) is 4.22. The number of carbonyl (C=O) groups is 2. The van der Waals surface area contributed by atoms with Gasteiger partial charge in [0, 0.05) is 37.6 Å². The summed E-state index contributed by atoms with van der Waals surface area (Å²) in [6.07, 6.45) is 3.33. The average Bonchev–Trinajstić information content (AvgIpc) is 3.29. The van der Waals surface area contributed by atoms with Crippen molar-refractivity contribution in [1.29, 1.82) is 0 Å². The monoisotopic (exact) mass is 411 g/mol. The maximum Gasteiger partial charge on any atom is 0.341 e. The van der Waals surface area contributed by atoms with E-state index in [1.807, 2.05) is 4.90 Å². The minimum absolute atomic E-state index is 0.0299. The third-order valence-corrected chi connectivity index (χ3v) is 7.58. The van der Waals surface area contributed by atoms with Crippen LogP contribution in [0.4, 0.5) is 0 Å². The number of H-pyrrole nitrogens is 1. The molecule has 156 valence electrons. The number of piperidine rings is 1. The molecule has 0 bridgehead atoms.